The zero-order valence-corrected chi connectivity index (χ0v) is 40.7. The number of phenols is 3. The molecule has 0 aromatic heterocycles. The summed E-state index contributed by atoms with van der Waals surface area (Å²) in [5.74, 6) is -0.457. The number of phenolic OH excluding ortho intramolecular Hbond substituents is 3. The lowest BCUT2D eigenvalue weighted by Gasteiger charge is -2.15. The molecule has 0 heterocycles. The second kappa shape index (κ2) is 39.6. The van der Waals surface area contributed by atoms with E-state index in [1.807, 2.05) is 13.8 Å². The van der Waals surface area contributed by atoms with Gasteiger partial charge in [0.05, 0.1) is 131 Å². The molecule has 0 spiro atoms. The van der Waals surface area contributed by atoms with Gasteiger partial charge in [0, 0.05) is 23.3 Å². The molecule has 19 heteroatoms. The highest BCUT2D eigenvalue weighted by molar-refractivity contribution is 6.13. The number of aliphatic hydroxyl groups excluding tert-OH is 1. The van der Waals surface area contributed by atoms with Crippen molar-refractivity contribution in [2.45, 2.75) is 47.1 Å². The Kier molecular flexibility index (Phi) is 35.4. The van der Waals surface area contributed by atoms with Gasteiger partial charge in [-0.05, 0) is 55.5 Å². The fourth-order valence-electron chi connectivity index (χ4n) is 5.10. The topological polar surface area (TPSA) is 250 Å². The number of hydrogen-bond donors (Lipinski definition) is 5. The van der Waals surface area contributed by atoms with Gasteiger partial charge in [-0.15, -0.1) is 0 Å². The molecule has 0 aliphatic heterocycles. The van der Waals surface area contributed by atoms with Gasteiger partial charge in [-0.2, -0.15) is 0 Å². The highest BCUT2D eigenvalue weighted by Crippen LogP contribution is 2.31. The van der Waals surface area contributed by atoms with Gasteiger partial charge in [0.15, 0.2) is 11.9 Å². The van der Waals surface area contributed by atoms with E-state index < -0.39 is 12.1 Å². The Balaban J connectivity index is 0.00000444. The van der Waals surface area contributed by atoms with Crippen molar-refractivity contribution >= 4 is 23.3 Å². The molecule has 0 saturated carbocycles. The van der Waals surface area contributed by atoms with E-state index in [-0.39, 0.29) is 71.3 Å². The summed E-state index contributed by atoms with van der Waals surface area (Å²) in [6, 6.07) is 15.1. The Morgan fingerprint density at radius 1 is 0.603 bits per heavy atom. The molecule has 3 aromatic rings. The fraction of sp³-hybridized carbons (Fsp3) is 0.531. The maximum atomic E-state index is 12.5. The van der Waals surface area contributed by atoms with Crippen molar-refractivity contribution in [2.24, 2.45) is 15.7 Å². The van der Waals surface area contributed by atoms with Gasteiger partial charge in [0.2, 0.25) is 0 Å². The van der Waals surface area contributed by atoms with Crippen LogP contribution < -0.4 is 15.2 Å². The molecule has 19 nitrogen and oxygen atoms in total. The molecule has 0 aliphatic carbocycles. The van der Waals surface area contributed by atoms with Gasteiger partial charge < -0.3 is 78.3 Å². The number of esters is 1. The Hall–Kier alpha value is -5.35. The first kappa shape index (κ1) is 60.7. The minimum atomic E-state index is -0.994. The van der Waals surface area contributed by atoms with Crippen molar-refractivity contribution < 1.29 is 77.3 Å². The van der Waals surface area contributed by atoms with Crippen molar-refractivity contribution in [1.82, 2.24) is 0 Å². The molecule has 1 unspecified atom stereocenters. The molecule has 0 amide bonds. The summed E-state index contributed by atoms with van der Waals surface area (Å²) in [6.07, 6.45) is 0.256. The fourth-order valence-corrected chi connectivity index (χ4v) is 5.10. The summed E-state index contributed by atoms with van der Waals surface area (Å²) < 4.78 is 59.4. The van der Waals surface area contributed by atoms with E-state index in [1.54, 1.807) is 30.3 Å². The second-order valence-corrected chi connectivity index (χ2v) is 13.7. The van der Waals surface area contributed by atoms with Crippen molar-refractivity contribution in [3.63, 3.8) is 0 Å². The van der Waals surface area contributed by atoms with E-state index in [0.717, 1.165) is 6.07 Å². The van der Waals surface area contributed by atoms with Crippen molar-refractivity contribution in [3.8, 4) is 28.7 Å². The van der Waals surface area contributed by atoms with Crippen LogP contribution in [0.15, 0.2) is 77.2 Å². The van der Waals surface area contributed by atoms with E-state index in [4.69, 9.17) is 62.9 Å². The summed E-state index contributed by atoms with van der Waals surface area (Å²) in [5.41, 5.74) is 7.30. The highest BCUT2D eigenvalue weighted by atomic mass is 16.6. The maximum Gasteiger partial charge on any atom is 0.347 e. The molecule has 68 heavy (non-hydrogen) atoms. The van der Waals surface area contributed by atoms with Gasteiger partial charge in [-0.25, -0.2) is 14.8 Å². The summed E-state index contributed by atoms with van der Waals surface area (Å²) in [7, 11) is 1.53. The lowest BCUT2D eigenvalue weighted by molar-refractivity contribution is -0.152. The lowest BCUT2D eigenvalue weighted by atomic mass is 10.1. The van der Waals surface area contributed by atoms with Crippen LogP contribution in [0, 0.1) is 0 Å². The number of carbonyl (C=O) groups excluding carboxylic acids is 1. The van der Waals surface area contributed by atoms with Crippen LogP contribution in [0.5, 0.6) is 28.7 Å². The summed E-state index contributed by atoms with van der Waals surface area (Å²) in [6.45, 7) is 20.2. The van der Waals surface area contributed by atoms with E-state index in [9.17, 15) is 20.1 Å². The Morgan fingerprint density at radius 3 is 1.44 bits per heavy atom. The number of methoxy groups -OCH3 is 1. The van der Waals surface area contributed by atoms with Crippen LogP contribution in [-0.2, 0) is 47.4 Å². The number of nitrogens with zero attached hydrogens (tertiary/aromatic N) is 2. The minimum Gasteiger partial charge on any atom is -0.508 e. The smallest absolute Gasteiger partial charge is 0.347 e. The average molecular weight is 962 g/mol. The molecular weight excluding hydrogens is 887 g/mol. The number of benzene rings is 3. The van der Waals surface area contributed by atoms with E-state index >= 15 is 0 Å². The quantitative estimate of drug-likeness (QED) is 0.0214. The largest absolute Gasteiger partial charge is 0.508 e. The third-order valence-electron chi connectivity index (χ3n) is 8.31. The van der Waals surface area contributed by atoms with Gasteiger partial charge in [-0.1, -0.05) is 40.7 Å². The van der Waals surface area contributed by atoms with Crippen molar-refractivity contribution in [3.05, 3.63) is 83.9 Å². The molecule has 3 rings (SSSR count). The van der Waals surface area contributed by atoms with Gasteiger partial charge >= 0.3 is 5.97 Å². The third-order valence-corrected chi connectivity index (χ3v) is 8.31. The zero-order valence-electron chi connectivity index (χ0n) is 40.7. The van der Waals surface area contributed by atoms with Crippen LogP contribution in [0.1, 0.15) is 57.7 Å². The van der Waals surface area contributed by atoms with Crippen LogP contribution in [0.3, 0.4) is 0 Å². The summed E-state index contributed by atoms with van der Waals surface area (Å²) >= 11 is 0. The van der Waals surface area contributed by atoms with Crippen LogP contribution in [0.4, 0.5) is 0 Å². The van der Waals surface area contributed by atoms with Gasteiger partial charge in [-0.3, -0.25) is 0 Å². The Morgan fingerprint density at radius 2 is 1.01 bits per heavy atom. The molecule has 0 bridgehead atoms. The third kappa shape index (κ3) is 27.5. The molecule has 382 valence electrons. The lowest BCUT2D eigenvalue weighted by Crippen LogP contribution is -2.27. The minimum absolute atomic E-state index is 0.00348. The molecular formula is C49H75N3O16. The van der Waals surface area contributed by atoms with Crippen molar-refractivity contribution in [1.29, 1.82) is 0 Å². The first-order chi connectivity index (χ1) is 33.0. The number of rotatable bonds is 34. The molecule has 0 saturated heterocycles. The number of aliphatic hydroxyl groups is 1. The number of ether oxygens (including phenoxy) is 11. The van der Waals surface area contributed by atoms with Crippen molar-refractivity contribution in [2.75, 3.05) is 126 Å². The first-order valence-corrected chi connectivity index (χ1v) is 22.7. The van der Waals surface area contributed by atoms with Crippen LogP contribution in [0.2, 0.25) is 0 Å². The van der Waals surface area contributed by atoms with Gasteiger partial charge in [0.1, 0.15) is 41.2 Å². The van der Waals surface area contributed by atoms with Crippen LogP contribution >= 0.6 is 0 Å². The number of aliphatic imine (C=N–C) groups is 2. The van der Waals surface area contributed by atoms with Crippen LogP contribution in [0.25, 0.3) is 5.70 Å². The molecule has 0 radical (unpaired) electrons. The number of amidine groups is 2. The molecule has 3 aromatic carbocycles. The maximum absolute atomic E-state index is 12.5. The van der Waals surface area contributed by atoms with Gasteiger partial charge in [0.25, 0.3) is 0 Å². The SMILES string of the molecule is C=C(N=C(N=C(N)c1ccc(O)cc1O)c1ccc(OC)cc1)c1ccc(OC(C)C(=O)OCCOCCOCCOCCOCCOCCOCCOCCOCCO)cc1O.CC.CCC. The van der Waals surface area contributed by atoms with E-state index in [2.05, 4.69) is 30.4 Å². The van der Waals surface area contributed by atoms with E-state index in [1.165, 1.54) is 44.7 Å². The molecule has 6 N–H and O–H groups in total. The summed E-state index contributed by atoms with van der Waals surface area (Å²) in [4.78, 5) is 21.5. The molecule has 0 fully saturated rings. The van der Waals surface area contributed by atoms with E-state index in [0.29, 0.717) is 110 Å². The standard InChI is InChI=1S/C44H61N3O16.C3H8.C2H6/c1-32(46-43(34-4-7-36(53-3)8-5-34)47-42(45)39-10-6-35(49)30-40(39)50)38-11-9-37(31-41(38)51)63-33(2)44(52)62-29-28-61-27-26-60-25-24-59-23-22-58-21-20-57-19-18-56-17-16-55-15-14-54-13-12-48;1-3-2;1-2/h4-11,30-31,33,48-51H,1,12-29H2,2-3H3,(H2,45,46,47);3H2,1-2H3;1-2H3. The monoisotopic (exact) mass is 962 g/mol. The average Bonchev–Trinajstić information content (AvgIpc) is 3.33. The second-order valence-electron chi connectivity index (χ2n) is 13.7. The molecule has 1 atom stereocenters. The Bertz CT molecular complexity index is 1840. The predicted molar refractivity (Wildman–Crippen MR) is 259 cm³/mol. The number of nitrogens with two attached hydrogens (primary N) is 1. The summed E-state index contributed by atoms with van der Waals surface area (Å²) in [5, 5.41) is 39.5. The number of hydrogen-bond acceptors (Lipinski definition) is 17. The predicted octanol–water partition coefficient (Wildman–Crippen LogP) is 5.51. The number of carbonyl (C=O) groups is 1. The van der Waals surface area contributed by atoms with Crippen LogP contribution in [-0.4, -0.2) is 170 Å². The molecule has 0 aliphatic rings. The Labute approximate surface area is 401 Å². The normalized spacial score (nSPS) is 11.8. The zero-order chi connectivity index (χ0) is 50.2. The first-order valence-electron chi connectivity index (χ1n) is 22.7. The highest BCUT2D eigenvalue weighted by Gasteiger charge is 2.18. The number of aromatic hydroxyl groups is 3.